The van der Waals surface area contributed by atoms with Crippen LogP contribution in [0.5, 0.6) is 0 Å². The van der Waals surface area contributed by atoms with Gasteiger partial charge in [0.25, 0.3) is 0 Å². The molecule has 2 N–H and O–H groups in total. The summed E-state index contributed by atoms with van der Waals surface area (Å²) in [5, 5.41) is 13.5. The first-order valence-electron chi connectivity index (χ1n) is 7.04. The highest BCUT2D eigenvalue weighted by molar-refractivity contribution is 7.91. The van der Waals surface area contributed by atoms with Gasteiger partial charge in [-0.25, -0.2) is 8.42 Å². The summed E-state index contributed by atoms with van der Waals surface area (Å²) in [6.45, 7) is 0.619. The molecule has 2 saturated carbocycles. The molecule has 106 valence electrons. The molecule has 2 unspecified atom stereocenters. The van der Waals surface area contributed by atoms with Crippen LogP contribution in [-0.2, 0) is 9.84 Å². The minimum Gasteiger partial charge on any atom is -0.389 e. The van der Waals surface area contributed by atoms with Gasteiger partial charge in [0, 0.05) is 18.8 Å². The van der Waals surface area contributed by atoms with Gasteiger partial charge in [0.2, 0.25) is 0 Å². The van der Waals surface area contributed by atoms with E-state index in [2.05, 4.69) is 5.32 Å². The van der Waals surface area contributed by atoms with Crippen molar-refractivity contribution in [3.05, 3.63) is 0 Å². The van der Waals surface area contributed by atoms with Crippen molar-refractivity contribution in [2.45, 2.75) is 68.3 Å². The van der Waals surface area contributed by atoms with Crippen molar-refractivity contribution in [3.63, 3.8) is 0 Å². The summed E-state index contributed by atoms with van der Waals surface area (Å²) < 4.78 is 23.2. The van der Waals surface area contributed by atoms with Crippen molar-refractivity contribution in [2.75, 3.05) is 12.8 Å². The highest BCUT2D eigenvalue weighted by Gasteiger charge is 2.33. The number of hydrogen-bond acceptors (Lipinski definition) is 4. The van der Waals surface area contributed by atoms with Gasteiger partial charge in [-0.2, -0.15) is 0 Å². The summed E-state index contributed by atoms with van der Waals surface area (Å²) in [7, 11) is -2.91. The van der Waals surface area contributed by atoms with Crippen LogP contribution in [-0.4, -0.2) is 43.2 Å². The molecule has 0 bridgehead atoms. The summed E-state index contributed by atoms with van der Waals surface area (Å²) in [6.07, 6.45) is 8.80. The van der Waals surface area contributed by atoms with E-state index in [1.54, 1.807) is 0 Å². The Balaban J connectivity index is 1.83. The lowest BCUT2D eigenvalue weighted by Crippen LogP contribution is -2.46. The number of hydrogen-bond donors (Lipinski definition) is 2. The molecule has 2 atom stereocenters. The molecule has 0 aromatic rings. The zero-order chi connectivity index (χ0) is 13.2. The van der Waals surface area contributed by atoms with E-state index in [1.165, 1.54) is 6.26 Å². The third kappa shape index (κ3) is 3.68. The predicted molar refractivity (Wildman–Crippen MR) is 72.3 cm³/mol. The molecule has 0 aliphatic heterocycles. The van der Waals surface area contributed by atoms with Gasteiger partial charge in [0.1, 0.15) is 9.84 Å². The third-order valence-corrected chi connectivity index (χ3v) is 6.12. The molecule has 2 fully saturated rings. The van der Waals surface area contributed by atoms with Crippen LogP contribution in [0.15, 0.2) is 0 Å². The Hall–Kier alpha value is -0.130. The predicted octanol–water partition coefficient (Wildman–Crippen LogP) is 1.24. The number of rotatable bonds is 4. The van der Waals surface area contributed by atoms with E-state index < -0.39 is 15.4 Å². The monoisotopic (exact) mass is 275 g/mol. The molecule has 0 spiro atoms. The van der Waals surface area contributed by atoms with Crippen LogP contribution in [0.4, 0.5) is 0 Å². The topological polar surface area (TPSA) is 66.4 Å². The van der Waals surface area contributed by atoms with Gasteiger partial charge < -0.3 is 10.4 Å². The van der Waals surface area contributed by atoms with Crippen LogP contribution in [0.3, 0.4) is 0 Å². The fourth-order valence-electron chi connectivity index (χ4n) is 3.26. The SMILES string of the molecule is CS(=O)(=O)C1CCCC(NCC2(O)CCCC2)C1. The molecular formula is C13H25NO3S. The van der Waals surface area contributed by atoms with E-state index in [9.17, 15) is 13.5 Å². The maximum Gasteiger partial charge on any atom is 0.150 e. The molecule has 18 heavy (non-hydrogen) atoms. The van der Waals surface area contributed by atoms with Crippen molar-refractivity contribution < 1.29 is 13.5 Å². The first-order chi connectivity index (χ1) is 8.39. The number of nitrogens with one attached hydrogen (secondary N) is 1. The lowest BCUT2D eigenvalue weighted by Gasteiger charge is -2.32. The minimum atomic E-state index is -2.91. The van der Waals surface area contributed by atoms with Crippen molar-refractivity contribution >= 4 is 9.84 Å². The van der Waals surface area contributed by atoms with Crippen LogP contribution < -0.4 is 5.32 Å². The largest absolute Gasteiger partial charge is 0.389 e. The first-order valence-corrected chi connectivity index (χ1v) is 8.99. The van der Waals surface area contributed by atoms with Gasteiger partial charge in [-0.15, -0.1) is 0 Å². The smallest absolute Gasteiger partial charge is 0.150 e. The van der Waals surface area contributed by atoms with Crippen molar-refractivity contribution in [2.24, 2.45) is 0 Å². The standard InChI is InChI=1S/C13H25NO3S/c1-18(16,17)12-6-4-5-11(9-12)14-10-13(15)7-2-3-8-13/h11-12,14-15H,2-10H2,1H3. The molecule has 4 nitrogen and oxygen atoms in total. The van der Waals surface area contributed by atoms with Crippen LogP contribution in [0, 0.1) is 0 Å². The van der Waals surface area contributed by atoms with E-state index in [0.717, 1.165) is 44.9 Å². The summed E-state index contributed by atoms with van der Waals surface area (Å²) in [5.74, 6) is 0. The summed E-state index contributed by atoms with van der Waals surface area (Å²) in [4.78, 5) is 0. The van der Waals surface area contributed by atoms with Gasteiger partial charge in [0.05, 0.1) is 10.9 Å². The molecule has 2 rings (SSSR count). The van der Waals surface area contributed by atoms with Crippen molar-refractivity contribution in [1.82, 2.24) is 5.32 Å². The normalized spacial score (nSPS) is 32.6. The zero-order valence-electron chi connectivity index (χ0n) is 11.2. The highest BCUT2D eigenvalue weighted by Crippen LogP contribution is 2.30. The molecule has 0 amide bonds. The molecule has 2 aliphatic rings. The third-order valence-electron chi connectivity index (χ3n) is 4.49. The number of aliphatic hydroxyl groups is 1. The fourth-order valence-corrected chi connectivity index (χ4v) is 4.44. The lowest BCUT2D eigenvalue weighted by atomic mass is 9.93. The summed E-state index contributed by atoms with van der Waals surface area (Å²) >= 11 is 0. The van der Waals surface area contributed by atoms with Crippen LogP contribution in [0.25, 0.3) is 0 Å². The van der Waals surface area contributed by atoms with Crippen molar-refractivity contribution in [3.8, 4) is 0 Å². The Morgan fingerprint density at radius 3 is 2.50 bits per heavy atom. The molecule has 0 aromatic carbocycles. The second kappa shape index (κ2) is 5.47. The van der Waals surface area contributed by atoms with E-state index in [4.69, 9.17) is 0 Å². The van der Waals surface area contributed by atoms with Gasteiger partial charge >= 0.3 is 0 Å². The maximum absolute atomic E-state index is 11.6. The Kier molecular flexibility index (Phi) is 4.34. The van der Waals surface area contributed by atoms with Crippen LogP contribution in [0.1, 0.15) is 51.4 Å². The summed E-state index contributed by atoms with van der Waals surface area (Å²) in [5.41, 5.74) is -0.544. The van der Waals surface area contributed by atoms with Crippen LogP contribution in [0.2, 0.25) is 0 Å². The van der Waals surface area contributed by atoms with Gasteiger partial charge in [-0.3, -0.25) is 0 Å². The highest BCUT2D eigenvalue weighted by atomic mass is 32.2. The Morgan fingerprint density at radius 1 is 1.22 bits per heavy atom. The average Bonchev–Trinajstić information content (AvgIpc) is 2.74. The lowest BCUT2D eigenvalue weighted by molar-refractivity contribution is 0.0435. The van der Waals surface area contributed by atoms with E-state index in [-0.39, 0.29) is 11.3 Å². The molecule has 0 radical (unpaired) electrons. The molecule has 0 saturated heterocycles. The molecule has 0 aromatic heterocycles. The fraction of sp³-hybridized carbons (Fsp3) is 1.00. The second-order valence-electron chi connectivity index (χ2n) is 6.13. The van der Waals surface area contributed by atoms with Gasteiger partial charge in [0.15, 0.2) is 0 Å². The molecule has 2 aliphatic carbocycles. The minimum absolute atomic E-state index is 0.193. The van der Waals surface area contributed by atoms with E-state index in [0.29, 0.717) is 13.0 Å². The quantitative estimate of drug-likeness (QED) is 0.810. The number of sulfone groups is 1. The van der Waals surface area contributed by atoms with E-state index >= 15 is 0 Å². The summed E-state index contributed by atoms with van der Waals surface area (Å²) in [6, 6.07) is 0.253. The average molecular weight is 275 g/mol. The first kappa shape index (κ1) is 14.3. The molecule has 0 heterocycles. The van der Waals surface area contributed by atoms with Gasteiger partial charge in [-0.05, 0) is 32.1 Å². The maximum atomic E-state index is 11.6. The molecular weight excluding hydrogens is 250 g/mol. The van der Waals surface area contributed by atoms with E-state index in [1.807, 2.05) is 0 Å². The second-order valence-corrected chi connectivity index (χ2v) is 8.45. The zero-order valence-corrected chi connectivity index (χ0v) is 12.0. The Bertz CT molecular complexity index is 374. The van der Waals surface area contributed by atoms with Gasteiger partial charge in [-0.1, -0.05) is 19.3 Å². The Labute approximate surface area is 110 Å². The Morgan fingerprint density at radius 2 is 1.89 bits per heavy atom. The van der Waals surface area contributed by atoms with Crippen molar-refractivity contribution in [1.29, 1.82) is 0 Å². The molecule has 5 heteroatoms. The van der Waals surface area contributed by atoms with Crippen LogP contribution >= 0.6 is 0 Å².